The Kier molecular flexibility index (Phi) is 6.66. The topological polar surface area (TPSA) is 12.4 Å². The molecule has 0 aliphatic heterocycles. The Labute approximate surface area is 237 Å². The van der Waals surface area contributed by atoms with Gasteiger partial charge in [0, 0.05) is 11.0 Å². The van der Waals surface area contributed by atoms with Crippen molar-refractivity contribution in [2.24, 2.45) is 4.99 Å². The van der Waals surface area contributed by atoms with Gasteiger partial charge in [-0.15, -0.1) is 0 Å². The molecule has 0 aromatic heterocycles. The summed E-state index contributed by atoms with van der Waals surface area (Å²) < 4.78 is 0. The summed E-state index contributed by atoms with van der Waals surface area (Å²) >= 11 is 0. The average Bonchev–Trinajstić information content (AvgIpc) is 3.23. The zero-order valence-electron chi connectivity index (χ0n) is 23.4. The Hall–Kier alpha value is -4.75. The van der Waals surface area contributed by atoms with Gasteiger partial charge in [-0.3, -0.25) is 0 Å². The van der Waals surface area contributed by atoms with Crippen molar-refractivity contribution in [1.29, 1.82) is 0 Å². The first-order valence-electron chi connectivity index (χ1n) is 13.8. The molecule has 0 fully saturated rings. The number of aliphatic imine (C=N–C) groups is 1. The molecule has 6 rings (SSSR count). The van der Waals surface area contributed by atoms with E-state index in [-0.39, 0.29) is 5.41 Å². The van der Waals surface area contributed by atoms with E-state index in [4.69, 9.17) is 4.99 Å². The highest BCUT2D eigenvalue weighted by Gasteiger charge is 2.35. The van der Waals surface area contributed by atoms with E-state index in [0.717, 1.165) is 28.1 Å². The Bertz CT molecular complexity index is 1770. The minimum atomic E-state index is 0.00366. The van der Waals surface area contributed by atoms with Crippen LogP contribution in [0.15, 0.2) is 145 Å². The molecule has 0 unspecified atom stereocenters. The molecule has 0 saturated heterocycles. The molecule has 1 nitrogen and oxygen atoms in total. The van der Waals surface area contributed by atoms with E-state index in [1.54, 1.807) is 0 Å². The number of allylic oxidation sites excluding steroid dienone is 2. The van der Waals surface area contributed by atoms with Gasteiger partial charge in [0.1, 0.15) is 0 Å². The fourth-order valence-electron chi connectivity index (χ4n) is 5.77. The van der Waals surface area contributed by atoms with Crippen molar-refractivity contribution in [3.8, 4) is 22.3 Å². The number of rotatable bonds is 6. The number of benzene rings is 5. The lowest BCUT2D eigenvalue weighted by molar-refractivity contribution is 0.660. The number of nitrogens with zero attached hydrogens (tertiary/aromatic N) is 1. The zero-order valence-corrected chi connectivity index (χ0v) is 23.4. The predicted molar refractivity (Wildman–Crippen MR) is 172 cm³/mol. The van der Waals surface area contributed by atoms with E-state index in [0.29, 0.717) is 0 Å². The molecule has 0 heterocycles. The summed E-state index contributed by atoms with van der Waals surface area (Å²) in [7, 11) is 0. The minimum Gasteiger partial charge on any atom is -0.248 e. The Balaban J connectivity index is 1.44. The molecule has 0 spiro atoms. The molecule has 0 amide bonds. The third kappa shape index (κ3) is 4.76. The predicted octanol–water partition coefficient (Wildman–Crippen LogP) is 10.2. The van der Waals surface area contributed by atoms with Crippen molar-refractivity contribution in [2.45, 2.75) is 26.2 Å². The summed E-state index contributed by atoms with van der Waals surface area (Å²) in [5.41, 5.74) is 13.9. The van der Waals surface area contributed by atoms with Crippen LogP contribution in [0, 0.1) is 0 Å². The van der Waals surface area contributed by atoms with E-state index in [1.165, 1.54) is 38.9 Å². The molecule has 0 radical (unpaired) electrons. The lowest BCUT2D eigenvalue weighted by Gasteiger charge is -2.21. The molecule has 194 valence electrons. The second kappa shape index (κ2) is 10.4. The van der Waals surface area contributed by atoms with Crippen LogP contribution in [-0.2, 0) is 5.41 Å². The fraction of sp³-hybridized carbons (Fsp3) is 0.103. The van der Waals surface area contributed by atoms with Gasteiger partial charge in [-0.25, -0.2) is 4.99 Å². The first-order valence-corrected chi connectivity index (χ1v) is 13.8. The summed E-state index contributed by atoms with van der Waals surface area (Å²) in [6.45, 7) is 11.1. The summed E-state index contributed by atoms with van der Waals surface area (Å²) in [6, 6.07) is 45.0. The van der Waals surface area contributed by atoms with Crippen molar-refractivity contribution >= 4 is 17.0 Å². The highest BCUT2D eigenvalue weighted by Crippen LogP contribution is 2.49. The van der Waals surface area contributed by atoms with Gasteiger partial charge in [0.15, 0.2) is 0 Å². The van der Waals surface area contributed by atoms with E-state index < -0.39 is 0 Å². The summed E-state index contributed by atoms with van der Waals surface area (Å²) in [5, 5.41) is 0. The molecule has 5 aromatic carbocycles. The van der Waals surface area contributed by atoms with Gasteiger partial charge in [-0.2, -0.15) is 0 Å². The third-order valence-corrected chi connectivity index (χ3v) is 8.02. The molecule has 1 heteroatoms. The summed E-state index contributed by atoms with van der Waals surface area (Å²) in [5.74, 6) is 0. The molecule has 0 saturated carbocycles. The average molecular weight is 516 g/mol. The van der Waals surface area contributed by atoms with Crippen molar-refractivity contribution in [3.05, 3.63) is 168 Å². The number of hydrogen-bond acceptors (Lipinski definition) is 1. The van der Waals surface area contributed by atoms with Gasteiger partial charge in [-0.05, 0) is 75.2 Å². The Morgan fingerprint density at radius 1 is 0.600 bits per heavy atom. The van der Waals surface area contributed by atoms with Crippen molar-refractivity contribution in [2.75, 3.05) is 0 Å². The summed E-state index contributed by atoms with van der Waals surface area (Å²) in [6.07, 6.45) is 2.17. The maximum atomic E-state index is 5.07. The van der Waals surface area contributed by atoms with Crippen LogP contribution >= 0.6 is 0 Å². The Morgan fingerprint density at radius 3 is 1.95 bits per heavy atom. The van der Waals surface area contributed by atoms with Crippen LogP contribution in [0.4, 0.5) is 0 Å². The quantitative estimate of drug-likeness (QED) is 0.199. The highest BCUT2D eigenvalue weighted by atomic mass is 14.8. The molecule has 1 aliphatic carbocycles. The third-order valence-electron chi connectivity index (χ3n) is 8.02. The van der Waals surface area contributed by atoms with Gasteiger partial charge in [0.05, 0.1) is 11.4 Å². The molecule has 40 heavy (non-hydrogen) atoms. The largest absolute Gasteiger partial charge is 0.248 e. The number of hydrogen-bond donors (Lipinski definition) is 0. The molecule has 0 atom stereocenters. The SMILES string of the molecule is C=C(/N=C(\C=C(/C)c1ccccc1)c1cccc(-c2ccc3c(c2)-c2ccccc2C3(C)C)c1)c1ccccc1. The monoisotopic (exact) mass is 515 g/mol. The smallest absolute Gasteiger partial charge is 0.0712 e. The maximum Gasteiger partial charge on any atom is 0.0712 e. The second-order valence-electron chi connectivity index (χ2n) is 11.0. The van der Waals surface area contributed by atoms with Crippen LogP contribution in [0.25, 0.3) is 33.5 Å². The fourth-order valence-corrected chi connectivity index (χ4v) is 5.77. The van der Waals surface area contributed by atoms with Crippen molar-refractivity contribution < 1.29 is 0 Å². The van der Waals surface area contributed by atoms with Crippen molar-refractivity contribution in [1.82, 2.24) is 0 Å². The summed E-state index contributed by atoms with van der Waals surface area (Å²) in [4.78, 5) is 5.07. The second-order valence-corrected chi connectivity index (χ2v) is 11.0. The van der Waals surface area contributed by atoms with Gasteiger partial charge >= 0.3 is 0 Å². The standard InChI is InChI=1S/C39H33N/c1-27(29-14-7-5-8-15-29)24-38(40-28(2)30-16-9-6-10-17-30)33-19-13-18-31(25-33)32-22-23-37-35(26-32)34-20-11-12-21-36(34)39(37,3)4/h5-26H,2H2,1,3-4H3/b27-24+,40-38+. The van der Waals surface area contributed by atoms with E-state index in [2.05, 4.69) is 137 Å². The van der Waals surface area contributed by atoms with Crippen LogP contribution in [0.2, 0.25) is 0 Å². The van der Waals surface area contributed by atoms with E-state index in [1.807, 2.05) is 24.3 Å². The van der Waals surface area contributed by atoms with Crippen LogP contribution in [0.3, 0.4) is 0 Å². The highest BCUT2D eigenvalue weighted by molar-refractivity contribution is 6.14. The van der Waals surface area contributed by atoms with Gasteiger partial charge in [-0.1, -0.05) is 136 Å². The molecule has 1 aliphatic rings. The van der Waals surface area contributed by atoms with E-state index >= 15 is 0 Å². The van der Waals surface area contributed by atoms with Crippen LogP contribution in [0.5, 0.6) is 0 Å². The Morgan fingerprint density at radius 2 is 1.20 bits per heavy atom. The van der Waals surface area contributed by atoms with Crippen LogP contribution < -0.4 is 0 Å². The normalized spacial score (nSPS) is 14.0. The molecule has 5 aromatic rings. The van der Waals surface area contributed by atoms with Crippen LogP contribution in [0.1, 0.15) is 48.6 Å². The maximum absolute atomic E-state index is 5.07. The molecular formula is C39H33N. The number of fused-ring (bicyclic) bond motifs is 3. The molecule has 0 N–H and O–H groups in total. The van der Waals surface area contributed by atoms with Gasteiger partial charge < -0.3 is 0 Å². The first-order chi connectivity index (χ1) is 19.4. The first kappa shape index (κ1) is 25.5. The minimum absolute atomic E-state index is 0.00366. The molecular weight excluding hydrogens is 482 g/mol. The lowest BCUT2D eigenvalue weighted by atomic mass is 9.82. The van der Waals surface area contributed by atoms with Gasteiger partial charge in [0.25, 0.3) is 0 Å². The van der Waals surface area contributed by atoms with Crippen LogP contribution in [-0.4, -0.2) is 5.71 Å². The zero-order chi connectivity index (χ0) is 27.7. The van der Waals surface area contributed by atoms with Gasteiger partial charge in [0.2, 0.25) is 0 Å². The lowest BCUT2D eigenvalue weighted by Crippen LogP contribution is -2.14. The van der Waals surface area contributed by atoms with Crippen molar-refractivity contribution in [3.63, 3.8) is 0 Å². The van der Waals surface area contributed by atoms with E-state index in [9.17, 15) is 0 Å². The molecule has 0 bridgehead atoms.